The standard InChI is InChI=1S/C14H16O/c1-11-7-8-14(15)13(9-11)10-12-5-3-2-4-6-12/h2-6,9,13H,7-8,10H2,1H3. The quantitative estimate of drug-likeness (QED) is 0.670. The molecule has 1 unspecified atom stereocenters. The zero-order valence-electron chi connectivity index (χ0n) is 9.07. The van der Waals surface area contributed by atoms with E-state index in [1.165, 1.54) is 11.1 Å². The molecular formula is C14H16O. The molecule has 2 rings (SSSR count). The van der Waals surface area contributed by atoms with Crippen LogP contribution in [0.4, 0.5) is 0 Å². The first-order chi connectivity index (χ1) is 7.25. The van der Waals surface area contributed by atoms with E-state index in [0.29, 0.717) is 5.78 Å². The summed E-state index contributed by atoms with van der Waals surface area (Å²) in [4.78, 5) is 11.7. The number of hydrogen-bond donors (Lipinski definition) is 0. The molecule has 0 aliphatic heterocycles. The molecule has 0 fully saturated rings. The van der Waals surface area contributed by atoms with Gasteiger partial charge in [-0.2, -0.15) is 0 Å². The van der Waals surface area contributed by atoms with E-state index in [-0.39, 0.29) is 5.92 Å². The highest BCUT2D eigenvalue weighted by molar-refractivity contribution is 5.84. The van der Waals surface area contributed by atoms with Crippen molar-refractivity contribution in [1.29, 1.82) is 0 Å². The molecule has 1 atom stereocenters. The summed E-state index contributed by atoms with van der Waals surface area (Å²) in [5, 5.41) is 0. The van der Waals surface area contributed by atoms with Gasteiger partial charge in [0.2, 0.25) is 0 Å². The molecule has 1 aromatic rings. The molecule has 0 saturated carbocycles. The second kappa shape index (κ2) is 4.43. The first kappa shape index (κ1) is 10.2. The van der Waals surface area contributed by atoms with Gasteiger partial charge in [0, 0.05) is 12.3 Å². The minimum Gasteiger partial charge on any atom is -0.299 e. The Morgan fingerprint density at radius 3 is 2.67 bits per heavy atom. The van der Waals surface area contributed by atoms with Crippen molar-refractivity contribution in [3.05, 3.63) is 47.5 Å². The highest BCUT2D eigenvalue weighted by atomic mass is 16.1. The summed E-state index contributed by atoms with van der Waals surface area (Å²) in [7, 11) is 0. The van der Waals surface area contributed by atoms with Crippen molar-refractivity contribution < 1.29 is 4.79 Å². The fourth-order valence-corrected chi connectivity index (χ4v) is 2.07. The Balaban J connectivity index is 2.11. The van der Waals surface area contributed by atoms with Gasteiger partial charge in [0.05, 0.1) is 0 Å². The Labute approximate surface area is 90.8 Å². The van der Waals surface area contributed by atoms with Crippen LogP contribution in [0.2, 0.25) is 0 Å². The lowest BCUT2D eigenvalue weighted by molar-refractivity contribution is -0.121. The minimum atomic E-state index is 0.112. The lowest BCUT2D eigenvalue weighted by atomic mass is 9.86. The first-order valence-electron chi connectivity index (χ1n) is 5.49. The monoisotopic (exact) mass is 200 g/mol. The van der Waals surface area contributed by atoms with E-state index in [1.54, 1.807) is 0 Å². The fraction of sp³-hybridized carbons (Fsp3) is 0.357. The molecule has 1 nitrogen and oxygen atoms in total. The van der Waals surface area contributed by atoms with Crippen LogP contribution in [-0.2, 0) is 11.2 Å². The van der Waals surface area contributed by atoms with Gasteiger partial charge in [-0.15, -0.1) is 0 Å². The normalized spacial score (nSPS) is 21.3. The van der Waals surface area contributed by atoms with E-state index in [4.69, 9.17) is 0 Å². The predicted molar refractivity (Wildman–Crippen MR) is 61.6 cm³/mol. The van der Waals surface area contributed by atoms with E-state index in [9.17, 15) is 4.79 Å². The fourth-order valence-electron chi connectivity index (χ4n) is 2.07. The number of carbonyl (C=O) groups is 1. The van der Waals surface area contributed by atoms with Crippen molar-refractivity contribution in [3.8, 4) is 0 Å². The molecule has 78 valence electrons. The van der Waals surface area contributed by atoms with Crippen LogP contribution in [0.5, 0.6) is 0 Å². The van der Waals surface area contributed by atoms with Crippen LogP contribution in [0.3, 0.4) is 0 Å². The lowest BCUT2D eigenvalue weighted by Gasteiger charge is -2.18. The Bertz CT molecular complexity index is 376. The molecule has 0 spiro atoms. The zero-order valence-corrected chi connectivity index (χ0v) is 9.07. The van der Waals surface area contributed by atoms with Gasteiger partial charge in [0.15, 0.2) is 0 Å². The summed E-state index contributed by atoms with van der Waals surface area (Å²) < 4.78 is 0. The molecule has 0 bridgehead atoms. The second-order valence-corrected chi connectivity index (χ2v) is 4.28. The van der Waals surface area contributed by atoms with Crippen LogP contribution in [0.1, 0.15) is 25.3 Å². The molecule has 15 heavy (non-hydrogen) atoms. The average Bonchev–Trinajstić information content (AvgIpc) is 2.25. The Morgan fingerprint density at radius 1 is 1.20 bits per heavy atom. The highest BCUT2D eigenvalue weighted by Crippen LogP contribution is 2.22. The SMILES string of the molecule is CC1=CC(Cc2ccccc2)C(=O)CC1. The Kier molecular flexibility index (Phi) is 3.00. The lowest BCUT2D eigenvalue weighted by Crippen LogP contribution is -2.18. The summed E-state index contributed by atoms with van der Waals surface area (Å²) in [6.07, 6.45) is 4.67. The highest BCUT2D eigenvalue weighted by Gasteiger charge is 2.20. The van der Waals surface area contributed by atoms with Gasteiger partial charge in [-0.3, -0.25) is 4.79 Å². The van der Waals surface area contributed by atoms with Crippen molar-refractivity contribution in [3.63, 3.8) is 0 Å². The van der Waals surface area contributed by atoms with E-state index in [0.717, 1.165) is 19.3 Å². The summed E-state index contributed by atoms with van der Waals surface area (Å²) >= 11 is 0. The van der Waals surface area contributed by atoms with Gasteiger partial charge in [-0.05, 0) is 25.3 Å². The van der Waals surface area contributed by atoms with Crippen molar-refractivity contribution in [2.24, 2.45) is 5.92 Å². The van der Waals surface area contributed by atoms with Crippen LogP contribution in [0.25, 0.3) is 0 Å². The number of carbonyl (C=O) groups excluding carboxylic acids is 1. The molecule has 0 heterocycles. The number of benzene rings is 1. The predicted octanol–water partition coefficient (Wildman–Crippen LogP) is 3.15. The van der Waals surface area contributed by atoms with Crippen molar-refractivity contribution in [2.45, 2.75) is 26.2 Å². The largest absolute Gasteiger partial charge is 0.299 e. The Hall–Kier alpha value is -1.37. The molecule has 1 aliphatic carbocycles. The molecule has 1 aromatic carbocycles. The maximum absolute atomic E-state index is 11.7. The van der Waals surface area contributed by atoms with Gasteiger partial charge in [-0.25, -0.2) is 0 Å². The molecule has 0 N–H and O–H groups in total. The maximum atomic E-state index is 11.7. The summed E-state index contributed by atoms with van der Waals surface area (Å²) in [6, 6.07) is 10.2. The number of Topliss-reactive ketones (excluding diaryl/α,β-unsaturated/α-hetero) is 1. The number of ketones is 1. The molecule has 0 aromatic heterocycles. The molecule has 1 heteroatoms. The summed E-state index contributed by atoms with van der Waals surface area (Å²) in [6.45, 7) is 2.12. The molecular weight excluding hydrogens is 184 g/mol. The smallest absolute Gasteiger partial charge is 0.140 e. The van der Waals surface area contributed by atoms with Gasteiger partial charge >= 0.3 is 0 Å². The van der Waals surface area contributed by atoms with Crippen LogP contribution < -0.4 is 0 Å². The van der Waals surface area contributed by atoms with Crippen LogP contribution in [0.15, 0.2) is 42.0 Å². The third-order valence-electron chi connectivity index (χ3n) is 2.96. The average molecular weight is 200 g/mol. The van der Waals surface area contributed by atoms with Gasteiger partial charge in [-0.1, -0.05) is 42.0 Å². The number of rotatable bonds is 2. The maximum Gasteiger partial charge on any atom is 0.140 e. The van der Waals surface area contributed by atoms with E-state index in [1.807, 2.05) is 18.2 Å². The van der Waals surface area contributed by atoms with Crippen LogP contribution in [0, 0.1) is 5.92 Å². The molecule has 0 saturated heterocycles. The molecule has 0 radical (unpaired) electrons. The van der Waals surface area contributed by atoms with E-state index in [2.05, 4.69) is 25.1 Å². The van der Waals surface area contributed by atoms with Crippen molar-refractivity contribution in [2.75, 3.05) is 0 Å². The number of hydrogen-bond acceptors (Lipinski definition) is 1. The molecule has 0 amide bonds. The minimum absolute atomic E-state index is 0.112. The second-order valence-electron chi connectivity index (χ2n) is 4.28. The summed E-state index contributed by atoms with van der Waals surface area (Å²) in [5.74, 6) is 0.505. The Morgan fingerprint density at radius 2 is 1.93 bits per heavy atom. The summed E-state index contributed by atoms with van der Waals surface area (Å²) in [5.41, 5.74) is 2.61. The van der Waals surface area contributed by atoms with E-state index < -0.39 is 0 Å². The van der Waals surface area contributed by atoms with Gasteiger partial charge in [0.25, 0.3) is 0 Å². The van der Waals surface area contributed by atoms with Crippen molar-refractivity contribution >= 4 is 5.78 Å². The molecule has 1 aliphatic rings. The third-order valence-corrected chi connectivity index (χ3v) is 2.96. The zero-order chi connectivity index (χ0) is 10.7. The van der Waals surface area contributed by atoms with Gasteiger partial charge < -0.3 is 0 Å². The van der Waals surface area contributed by atoms with Gasteiger partial charge in [0.1, 0.15) is 5.78 Å². The van der Waals surface area contributed by atoms with Crippen molar-refractivity contribution in [1.82, 2.24) is 0 Å². The van der Waals surface area contributed by atoms with Crippen LogP contribution in [-0.4, -0.2) is 5.78 Å². The topological polar surface area (TPSA) is 17.1 Å². The number of allylic oxidation sites excluding steroid dienone is 2. The van der Waals surface area contributed by atoms with Crippen LogP contribution >= 0.6 is 0 Å². The first-order valence-corrected chi connectivity index (χ1v) is 5.49. The van der Waals surface area contributed by atoms with E-state index >= 15 is 0 Å². The third kappa shape index (κ3) is 2.56.